The molecule has 2 atom stereocenters. The predicted octanol–water partition coefficient (Wildman–Crippen LogP) is 7.09. The molecule has 9 nitrogen and oxygen atoms in total. The number of H-pyrrole nitrogens is 2. The van der Waals surface area contributed by atoms with Crippen molar-refractivity contribution in [1.29, 1.82) is 0 Å². The molecule has 0 bridgehead atoms. The standard InChI is InChI=1S/C43H53N3O6/c1-5-9-19-51-38-15-11-32(34-13-17-40(49)44-42(34)38)36(47)25-46(31-23-29-21-27(7-3)28(8-4)22-30(29)24-31)26-37(48)33-12-16-39(52-20-10-6-2)43-35(33)14-18-41(50)45-43/h11-18,21-22,31,36-37,47-48H,5-10,19-20,23-26H2,1-4H3,(H,44,49)(H,45,50)/t36-,37-/m0/s1. The zero-order valence-electron chi connectivity index (χ0n) is 31.0. The van der Waals surface area contributed by atoms with Crippen molar-refractivity contribution in [3.63, 3.8) is 0 Å². The lowest BCUT2D eigenvalue weighted by atomic mass is 9.97. The van der Waals surface area contributed by atoms with Crippen molar-refractivity contribution in [2.24, 2.45) is 0 Å². The zero-order chi connectivity index (χ0) is 36.8. The van der Waals surface area contributed by atoms with Crippen LogP contribution in [0.5, 0.6) is 11.5 Å². The topological polar surface area (TPSA) is 128 Å². The molecule has 2 aromatic heterocycles. The Hall–Kier alpha value is -4.44. The average Bonchev–Trinajstić information content (AvgIpc) is 3.57. The van der Waals surface area contributed by atoms with Crippen LogP contribution in [0.15, 0.2) is 70.3 Å². The molecule has 52 heavy (non-hydrogen) atoms. The molecule has 5 aromatic rings. The number of unbranched alkanes of at least 4 members (excludes halogenated alkanes) is 2. The lowest BCUT2D eigenvalue weighted by molar-refractivity contribution is 0.0470. The van der Waals surface area contributed by atoms with Gasteiger partial charge in [-0.15, -0.1) is 0 Å². The number of ether oxygens (including phenoxy) is 2. The number of rotatable bonds is 17. The molecule has 0 radical (unpaired) electrons. The van der Waals surface area contributed by atoms with Gasteiger partial charge in [0.15, 0.2) is 0 Å². The smallest absolute Gasteiger partial charge is 0.248 e. The lowest BCUT2D eigenvalue weighted by Gasteiger charge is -2.33. The molecule has 0 aliphatic heterocycles. The van der Waals surface area contributed by atoms with Gasteiger partial charge in [0.25, 0.3) is 0 Å². The molecule has 9 heteroatoms. The summed E-state index contributed by atoms with van der Waals surface area (Å²) in [5.74, 6) is 1.17. The first kappa shape index (κ1) is 37.3. The Labute approximate surface area is 305 Å². The van der Waals surface area contributed by atoms with E-state index in [2.05, 4.69) is 54.7 Å². The molecule has 1 aliphatic carbocycles. The fourth-order valence-electron chi connectivity index (χ4n) is 7.65. The van der Waals surface area contributed by atoms with E-state index in [0.717, 1.165) is 62.1 Å². The number of hydrogen-bond acceptors (Lipinski definition) is 7. The molecule has 3 aromatic carbocycles. The summed E-state index contributed by atoms with van der Waals surface area (Å²) in [5, 5.41) is 25.5. The summed E-state index contributed by atoms with van der Waals surface area (Å²) in [7, 11) is 0. The summed E-state index contributed by atoms with van der Waals surface area (Å²) in [5.41, 5.74) is 7.42. The summed E-state index contributed by atoms with van der Waals surface area (Å²) in [6.07, 6.45) is 5.48. The van der Waals surface area contributed by atoms with Gasteiger partial charge in [-0.1, -0.05) is 64.8 Å². The number of fused-ring (bicyclic) bond motifs is 3. The zero-order valence-corrected chi connectivity index (χ0v) is 31.0. The third-order valence-corrected chi connectivity index (χ3v) is 10.5. The maximum absolute atomic E-state index is 12.4. The molecule has 0 fully saturated rings. The number of aromatic amines is 2. The van der Waals surface area contributed by atoms with Crippen LogP contribution < -0.4 is 20.6 Å². The molecule has 0 saturated carbocycles. The van der Waals surface area contributed by atoms with E-state index in [1.807, 2.05) is 24.3 Å². The number of aromatic nitrogens is 2. The minimum Gasteiger partial charge on any atom is -0.491 e. The molecule has 6 rings (SSSR count). The van der Waals surface area contributed by atoms with Crippen molar-refractivity contribution < 1.29 is 19.7 Å². The number of benzene rings is 3. The maximum Gasteiger partial charge on any atom is 0.248 e. The van der Waals surface area contributed by atoms with E-state index in [9.17, 15) is 19.8 Å². The number of nitrogens with one attached hydrogen (secondary N) is 2. The van der Waals surface area contributed by atoms with E-state index in [1.165, 1.54) is 34.4 Å². The van der Waals surface area contributed by atoms with Gasteiger partial charge in [-0.3, -0.25) is 14.5 Å². The van der Waals surface area contributed by atoms with E-state index in [1.54, 1.807) is 12.1 Å². The molecule has 276 valence electrons. The van der Waals surface area contributed by atoms with Crippen molar-refractivity contribution in [3.8, 4) is 11.5 Å². The van der Waals surface area contributed by atoms with E-state index in [4.69, 9.17) is 9.47 Å². The average molecular weight is 708 g/mol. The minimum absolute atomic E-state index is 0.0431. The first-order chi connectivity index (χ1) is 25.2. The lowest BCUT2D eigenvalue weighted by Crippen LogP contribution is -2.41. The highest BCUT2D eigenvalue weighted by Crippen LogP contribution is 2.36. The molecule has 4 N–H and O–H groups in total. The van der Waals surface area contributed by atoms with Crippen molar-refractivity contribution in [2.45, 2.75) is 97.3 Å². The van der Waals surface area contributed by atoms with E-state index in [-0.39, 0.29) is 30.2 Å². The third-order valence-electron chi connectivity index (χ3n) is 10.5. The summed E-state index contributed by atoms with van der Waals surface area (Å²) >= 11 is 0. The number of aliphatic hydroxyl groups excluding tert-OH is 2. The van der Waals surface area contributed by atoms with Gasteiger partial charge in [-0.25, -0.2) is 0 Å². The van der Waals surface area contributed by atoms with Gasteiger partial charge in [-0.05, 0) is 96.2 Å². The van der Waals surface area contributed by atoms with Crippen LogP contribution in [-0.2, 0) is 25.7 Å². The second-order valence-electron chi connectivity index (χ2n) is 14.1. The van der Waals surface area contributed by atoms with Gasteiger partial charge >= 0.3 is 0 Å². The Morgan fingerprint density at radius 1 is 0.673 bits per heavy atom. The number of pyridine rings is 2. The quantitative estimate of drug-likeness (QED) is 0.0761. The minimum atomic E-state index is -0.922. The highest BCUT2D eigenvalue weighted by molar-refractivity contribution is 5.88. The van der Waals surface area contributed by atoms with Crippen LogP contribution in [0, 0.1) is 0 Å². The van der Waals surface area contributed by atoms with Crippen molar-refractivity contribution in [3.05, 3.63) is 115 Å². The molecule has 0 spiro atoms. The summed E-state index contributed by atoms with van der Waals surface area (Å²) < 4.78 is 12.1. The van der Waals surface area contributed by atoms with Gasteiger partial charge in [0.2, 0.25) is 11.1 Å². The van der Waals surface area contributed by atoms with Crippen LogP contribution in [0.1, 0.15) is 99.0 Å². The Bertz CT molecular complexity index is 1970. The molecule has 1 aliphatic rings. The van der Waals surface area contributed by atoms with Crippen molar-refractivity contribution >= 4 is 21.8 Å². The van der Waals surface area contributed by atoms with Gasteiger partial charge in [0.1, 0.15) is 11.5 Å². The van der Waals surface area contributed by atoms with Crippen LogP contribution >= 0.6 is 0 Å². The largest absolute Gasteiger partial charge is 0.491 e. The maximum atomic E-state index is 12.4. The Balaban J connectivity index is 1.35. The second-order valence-corrected chi connectivity index (χ2v) is 14.1. The van der Waals surface area contributed by atoms with E-state index in [0.29, 0.717) is 46.9 Å². The second kappa shape index (κ2) is 16.9. The molecule has 2 heterocycles. The van der Waals surface area contributed by atoms with E-state index >= 15 is 0 Å². The SMILES string of the molecule is CCCCOc1ccc([C@@H](O)CN(C[C@H](O)c2ccc(OCCCC)c3[nH]c(=O)ccc23)C2Cc3cc(CC)c(CC)cc3C2)c2ccc(=O)[nH]c12. The fourth-order valence-corrected chi connectivity index (χ4v) is 7.65. The van der Waals surface area contributed by atoms with Crippen molar-refractivity contribution in [2.75, 3.05) is 26.3 Å². The first-order valence-corrected chi connectivity index (χ1v) is 19.1. The fraction of sp³-hybridized carbons (Fsp3) is 0.442. The molecular weight excluding hydrogens is 654 g/mol. The predicted molar refractivity (Wildman–Crippen MR) is 208 cm³/mol. The van der Waals surface area contributed by atoms with Crippen LogP contribution in [-0.4, -0.2) is 57.4 Å². The molecular formula is C43H53N3O6. The number of aryl methyl sites for hydroxylation is 2. The first-order valence-electron chi connectivity index (χ1n) is 19.1. The normalized spacial score (nSPS) is 14.3. The van der Waals surface area contributed by atoms with Gasteiger partial charge in [0, 0.05) is 42.0 Å². The summed E-state index contributed by atoms with van der Waals surface area (Å²) in [6.45, 7) is 10.2. The highest BCUT2D eigenvalue weighted by atomic mass is 16.5. The Kier molecular flexibility index (Phi) is 12.1. The van der Waals surface area contributed by atoms with E-state index < -0.39 is 12.2 Å². The highest BCUT2D eigenvalue weighted by Gasteiger charge is 2.32. The number of nitrogens with zero attached hydrogens (tertiary/aromatic N) is 1. The van der Waals surface area contributed by atoms with Crippen molar-refractivity contribution in [1.82, 2.24) is 14.9 Å². The Morgan fingerprint density at radius 3 is 1.52 bits per heavy atom. The summed E-state index contributed by atoms with van der Waals surface area (Å²) in [6, 6.07) is 18.6. The van der Waals surface area contributed by atoms with Crippen LogP contribution in [0.2, 0.25) is 0 Å². The Morgan fingerprint density at radius 2 is 1.12 bits per heavy atom. The van der Waals surface area contributed by atoms with Gasteiger partial charge in [-0.2, -0.15) is 0 Å². The number of aliphatic hydroxyl groups is 2. The van der Waals surface area contributed by atoms with Gasteiger partial charge in [0.05, 0.1) is 36.5 Å². The summed E-state index contributed by atoms with van der Waals surface area (Å²) in [4.78, 5) is 32.9. The van der Waals surface area contributed by atoms with Gasteiger partial charge < -0.3 is 29.7 Å². The number of hydrogen-bond donors (Lipinski definition) is 4. The van der Waals surface area contributed by atoms with Crippen LogP contribution in [0.4, 0.5) is 0 Å². The molecule has 0 saturated heterocycles. The van der Waals surface area contributed by atoms with Crippen LogP contribution in [0.25, 0.3) is 21.8 Å². The third kappa shape index (κ3) is 8.12. The monoisotopic (exact) mass is 707 g/mol. The molecule has 0 unspecified atom stereocenters. The van der Waals surface area contributed by atoms with Crippen LogP contribution in [0.3, 0.4) is 0 Å². The molecule has 0 amide bonds.